The minimum absolute atomic E-state index is 0.0799. The molecule has 0 aliphatic heterocycles. The Morgan fingerprint density at radius 2 is 1.29 bits per heavy atom. The number of amides is 1. The SMILES string of the molecule is CCCc1ccc(-c2ccc(OCCOCCOCCOCCOCCN)c3ccccc23)cc1.CNC(=O)CN.COC=O. The Labute approximate surface area is 267 Å². The summed E-state index contributed by atoms with van der Waals surface area (Å²) in [5.41, 5.74) is 14.0. The number of likely N-dealkylation sites (N-methyl/N-ethyl adjacent to an activating group) is 1. The summed E-state index contributed by atoms with van der Waals surface area (Å²) in [5, 5.41) is 4.65. The van der Waals surface area contributed by atoms with Gasteiger partial charge in [0.25, 0.3) is 6.47 Å². The molecule has 3 aromatic rings. The van der Waals surface area contributed by atoms with Crippen LogP contribution in [0.15, 0.2) is 60.7 Å². The summed E-state index contributed by atoms with van der Waals surface area (Å²) >= 11 is 0. The predicted octanol–water partition coefficient (Wildman–Crippen LogP) is 3.34. The second kappa shape index (κ2) is 26.8. The van der Waals surface area contributed by atoms with Crippen LogP contribution in [-0.4, -0.2) is 99.1 Å². The van der Waals surface area contributed by atoms with Crippen molar-refractivity contribution in [3.05, 3.63) is 66.2 Å². The van der Waals surface area contributed by atoms with E-state index in [1.165, 1.54) is 29.2 Å². The summed E-state index contributed by atoms with van der Waals surface area (Å²) in [6.45, 7) is 8.00. The molecule has 0 aliphatic rings. The fraction of sp³-hybridized carbons (Fsp3) is 0.471. The van der Waals surface area contributed by atoms with Gasteiger partial charge in [-0.2, -0.15) is 0 Å². The molecule has 3 rings (SSSR count). The quantitative estimate of drug-likeness (QED) is 0.125. The average Bonchev–Trinajstić information content (AvgIpc) is 3.09. The van der Waals surface area contributed by atoms with E-state index in [9.17, 15) is 4.79 Å². The molecule has 11 heteroatoms. The van der Waals surface area contributed by atoms with E-state index < -0.39 is 0 Å². The first-order valence-electron chi connectivity index (χ1n) is 15.2. The fourth-order valence-corrected chi connectivity index (χ4v) is 3.95. The molecule has 0 saturated heterocycles. The topological polar surface area (TPSA) is 154 Å². The predicted molar refractivity (Wildman–Crippen MR) is 177 cm³/mol. The van der Waals surface area contributed by atoms with Gasteiger partial charge in [-0.25, -0.2) is 0 Å². The smallest absolute Gasteiger partial charge is 0.292 e. The van der Waals surface area contributed by atoms with E-state index in [0.29, 0.717) is 72.5 Å². The maximum Gasteiger partial charge on any atom is 0.292 e. The number of carbonyl (C=O) groups is 2. The molecular formula is C34H51N3O8. The van der Waals surface area contributed by atoms with Crippen molar-refractivity contribution in [1.29, 1.82) is 0 Å². The van der Waals surface area contributed by atoms with Crippen molar-refractivity contribution in [2.24, 2.45) is 11.5 Å². The maximum absolute atomic E-state index is 9.94. The Hall–Kier alpha value is -3.58. The number of hydrogen-bond donors (Lipinski definition) is 3. The molecule has 0 aliphatic carbocycles. The van der Waals surface area contributed by atoms with Crippen LogP contribution < -0.4 is 21.5 Å². The third-order valence-corrected chi connectivity index (χ3v) is 6.11. The third-order valence-electron chi connectivity index (χ3n) is 6.11. The Morgan fingerprint density at radius 1 is 0.756 bits per heavy atom. The Kier molecular flexibility index (Phi) is 23.5. The average molecular weight is 630 g/mol. The third kappa shape index (κ3) is 17.5. The zero-order chi connectivity index (χ0) is 33.0. The van der Waals surface area contributed by atoms with E-state index in [-0.39, 0.29) is 12.5 Å². The molecule has 0 aromatic heterocycles. The van der Waals surface area contributed by atoms with Crippen LogP contribution in [0.3, 0.4) is 0 Å². The number of rotatable bonds is 20. The highest BCUT2D eigenvalue weighted by Gasteiger charge is 2.09. The molecule has 1 amide bonds. The number of fused-ring (bicyclic) bond motifs is 1. The molecule has 0 fully saturated rings. The Bertz CT molecular complexity index is 1170. The Balaban J connectivity index is 0.000000878. The van der Waals surface area contributed by atoms with E-state index in [1.54, 1.807) is 7.05 Å². The number of aryl methyl sites for hydroxylation is 1. The van der Waals surface area contributed by atoms with Crippen LogP contribution in [0.4, 0.5) is 0 Å². The number of hydrogen-bond acceptors (Lipinski definition) is 10. The Morgan fingerprint density at radius 3 is 1.76 bits per heavy atom. The van der Waals surface area contributed by atoms with Gasteiger partial charge in [-0.15, -0.1) is 0 Å². The lowest BCUT2D eigenvalue weighted by atomic mass is 9.96. The minimum atomic E-state index is -0.130. The van der Waals surface area contributed by atoms with E-state index in [0.717, 1.165) is 24.0 Å². The molecule has 0 radical (unpaired) electrons. The molecule has 0 bridgehead atoms. The number of methoxy groups -OCH3 is 1. The molecule has 0 saturated carbocycles. The lowest BCUT2D eigenvalue weighted by Gasteiger charge is -2.13. The van der Waals surface area contributed by atoms with Crippen molar-refractivity contribution in [3.8, 4) is 16.9 Å². The maximum atomic E-state index is 9.94. The molecular weight excluding hydrogens is 578 g/mol. The molecule has 3 aromatic carbocycles. The molecule has 250 valence electrons. The van der Waals surface area contributed by atoms with Gasteiger partial charge in [0.1, 0.15) is 12.4 Å². The van der Waals surface area contributed by atoms with Crippen LogP contribution in [-0.2, 0) is 39.7 Å². The van der Waals surface area contributed by atoms with E-state index in [4.69, 9.17) is 39.9 Å². The molecule has 11 nitrogen and oxygen atoms in total. The minimum Gasteiger partial charge on any atom is -0.491 e. The number of ether oxygens (including phenoxy) is 6. The summed E-state index contributed by atoms with van der Waals surface area (Å²) in [7, 11) is 2.86. The molecule has 0 unspecified atom stereocenters. The van der Waals surface area contributed by atoms with Crippen LogP contribution in [0.1, 0.15) is 18.9 Å². The largest absolute Gasteiger partial charge is 0.491 e. The van der Waals surface area contributed by atoms with Gasteiger partial charge < -0.3 is 45.2 Å². The van der Waals surface area contributed by atoms with Gasteiger partial charge >= 0.3 is 0 Å². The highest BCUT2D eigenvalue weighted by atomic mass is 16.6. The summed E-state index contributed by atoms with van der Waals surface area (Å²) in [4.78, 5) is 18.9. The van der Waals surface area contributed by atoms with E-state index in [1.807, 2.05) is 6.07 Å². The highest BCUT2D eigenvalue weighted by Crippen LogP contribution is 2.34. The van der Waals surface area contributed by atoms with Crippen molar-refractivity contribution in [3.63, 3.8) is 0 Å². The normalized spacial score (nSPS) is 10.2. The van der Waals surface area contributed by atoms with Crippen LogP contribution in [0, 0.1) is 0 Å². The second-order valence-electron chi connectivity index (χ2n) is 9.40. The van der Waals surface area contributed by atoms with Crippen molar-refractivity contribution in [2.75, 3.05) is 86.7 Å². The number of benzene rings is 3. The van der Waals surface area contributed by atoms with Gasteiger partial charge in [0.05, 0.1) is 66.5 Å². The number of carbonyl (C=O) groups excluding carboxylic acids is 2. The zero-order valence-corrected chi connectivity index (χ0v) is 27.0. The monoisotopic (exact) mass is 629 g/mol. The van der Waals surface area contributed by atoms with Crippen molar-refractivity contribution >= 4 is 23.2 Å². The molecule has 45 heavy (non-hydrogen) atoms. The van der Waals surface area contributed by atoms with Gasteiger partial charge in [0.15, 0.2) is 0 Å². The van der Waals surface area contributed by atoms with Crippen molar-refractivity contribution < 1.29 is 38.0 Å². The zero-order valence-electron chi connectivity index (χ0n) is 27.0. The highest BCUT2D eigenvalue weighted by molar-refractivity contribution is 6.00. The summed E-state index contributed by atoms with van der Waals surface area (Å²) < 4.78 is 31.7. The lowest BCUT2D eigenvalue weighted by Crippen LogP contribution is -2.26. The summed E-state index contributed by atoms with van der Waals surface area (Å²) in [6, 6.07) is 21.5. The van der Waals surface area contributed by atoms with Crippen molar-refractivity contribution in [1.82, 2.24) is 5.32 Å². The first-order valence-corrected chi connectivity index (χ1v) is 15.2. The van der Waals surface area contributed by atoms with Gasteiger partial charge in [0, 0.05) is 19.0 Å². The lowest BCUT2D eigenvalue weighted by molar-refractivity contribution is -0.126. The van der Waals surface area contributed by atoms with Gasteiger partial charge in [-0.05, 0) is 34.6 Å². The summed E-state index contributed by atoms with van der Waals surface area (Å²) in [5.74, 6) is 0.745. The van der Waals surface area contributed by atoms with E-state index in [2.05, 4.69) is 71.6 Å². The number of nitrogens with two attached hydrogens (primary N) is 2. The molecule has 5 N–H and O–H groups in total. The van der Waals surface area contributed by atoms with E-state index >= 15 is 0 Å². The second-order valence-corrected chi connectivity index (χ2v) is 9.40. The molecule has 0 atom stereocenters. The van der Waals surface area contributed by atoms with Crippen LogP contribution in [0.5, 0.6) is 5.75 Å². The van der Waals surface area contributed by atoms with Crippen LogP contribution >= 0.6 is 0 Å². The first-order chi connectivity index (χ1) is 22.1. The number of nitrogens with one attached hydrogen (secondary N) is 1. The summed E-state index contributed by atoms with van der Waals surface area (Å²) in [6.07, 6.45) is 2.27. The van der Waals surface area contributed by atoms with Gasteiger partial charge in [0.2, 0.25) is 5.91 Å². The van der Waals surface area contributed by atoms with Gasteiger partial charge in [-0.3, -0.25) is 9.59 Å². The standard InChI is InChI=1S/C29H39NO5.C3H8N2O.C2H4O2/c1-2-5-24-8-10-25(11-9-24)26-12-13-29(28-7-4-3-6-27(26)28)35-23-22-34-21-20-33-19-18-32-17-16-31-15-14-30;1-5-3(6)2-4;1-4-2-3/h3-4,6-13H,2,5,14-23,30H2,1H3;2,4H2,1H3,(H,5,6);2H,1H3. The molecule has 0 heterocycles. The van der Waals surface area contributed by atoms with Crippen molar-refractivity contribution in [2.45, 2.75) is 19.8 Å². The van der Waals surface area contributed by atoms with Crippen LogP contribution in [0.25, 0.3) is 21.9 Å². The molecule has 0 spiro atoms. The first kappa shape index (κ1) is 39.4. The fourth-order valence-electron chi connectivity index (χ4n) is 3.95. The van der Waals surface area contributed by atoms with Crippen LogP contribution in [0.2, 0.25) is 0 Å². The van der Waals surface area contributed by atoms with Gasteiger partial charge in [-0.1, -0.05) is 67.9 Å².